The number of aryl methyl sites for hydroxylation is 1. The van der Waals surface area contributed by atoms with Crippen molar-refractivity contribution in [3.05, 3.63) is 53.1 Å². The highest BCUT2D eigenvalue weighted by Crippen LogP contribution is 2.32. The molecule has 3 nitrogen and oxygen atoms in total. The maximum Gasteiger partial charge on any atom is 0.126 e. The Balaban J connectivity index is 1.59. The number of benzene rings is 1. The van der Waals surface area contributed by atoms with Gasteiger partial charge in [0.1, 0.15) is 5.82 Å². The van der Waals surface area contributed by atoms with Crippen LogP contribution in [0.4, 0.5) is 4.39 Å². The first kappa shape index (κ1) is 12.4. The van der Waals surface area contributed by atoms with Gasteiger partial charge in [0.05, 0.1) is 5.69 Å². The molecule has 3 rings (SSSR count). The van der Waals surface area contributed by atoms with Gasteiger partial charge in [-0.2, -0.15) is 5.10 Å². The molecule has 0 saturated heterocycles. The Hall–Kier alpha value is -1.68. The van der Waals surface area contributed by atoms with Crippen molar-refractivity contribution in [3.63, 3.8) is 0 Å². The van der Waals surface area contributed by atoms with Gasteiger partial charge in [0.15, 0.2) is 0 Å². The minimum atomic E-state index is -0.0634. The SMILES string of the molecule is Cn1ccc(CCNC2CCc3c(F)cccc32)n1. The molecular weight excluding hydrogens is 241 g/mol. The maximum atomic E-state index is 13.6. The van der Waals surface area contributed by atoms with Crippen molar-refractivity contribution in [3.8, 4) is 0 Å². The number of hydrogen-bond acceptors (Lipinski definition) is 2. The topological polar surface area (TPSA) is 29.9 Å². The van der Waals surface area contributed by atoms with Gasteiger partial charge in [0, 0.05) is 32.3 Å². The van der Waals surface area contributed by atoms with Crippen LogP contribution in [-0.2, 0) is 19.9 Å². The van der Waals surface area contributed by atoms with Crippen molar-refractivity contribution in [1.29, 1.82) is 0 Å². The van der Waals surface area contributed by atoms with E-state index >= 15 is 0 Å². The molecule has 1 N–H and O–H groups in total. The van der Waals surface area contributed by atoms with E-state index in [1.54, 1.807) is 12.1 Å². The van der Waals surface area contributed by atoms with Crippen LogP contribution in [0.15, 0.2) is 30.5 Å². The van der Waals surface area contributed by atoms with E-state index in [-0.39, 0.29) is 11.9 Å². The number of aromatic nitrogens is 2. The molecule has 0 spiro atoms. The molecule has 100 valence electrons. The molecule has 1 aliphatic carbocycles. The Morgan fingerprint density at radius 3 is 3.11 bits per heavy atom. The second-order valence-electron chi connectivity index (χ2n) is 5.08. The highest BCUT2D eigenvalue weighted by molar-refractivity contribution is 5.35. The summed E-state index contributed by atoms with van der Waals surface area (Å²) in [4.78, 5) is 0. The summed E-state index contributed by atoms with van der Waals surface area (Å²) in [5.74, 6) is -0.0634. The Bertz CT molecular complexity index is 577. The van der Waals surface area contributed by atoms with E-state index in [2.05, 4.69) is 10.4 Å². The van der Waals surface area contributed by atoms with Gasteiger partial charge in [-0.1, -0.05) is 12.1 Å². The fourth-order valence-electron chi connectivity index (χ4n) is 2.79. The number of fused-ring (bicyclic) bond motifs is 1. The Morgan fingerprint density at radius 2 is 2.32 bits per heavy atom. The van der Waals surface area contributed by atoms with Gasteiger partial charge in [0.2, 0.25) is 0 Å². The monoisotopic (exact) mass is 259 g/mol. The van der Waals surface area contributed by atoms with Crippen molar-refractivity contribution in [2.45, 2.75) is 25.3 Å². The van der Waals surface area contributed by atoms with Gasteiger partial charge < -0.3 is 5.32 Å². The lowest BCUT2D eigenvalue weighted by Crippen LogP contribution is -2.22. The molecule has 1 atom stereocenters. The van der Waals surface area contributed by atoms with E-state index in [4.69, 9.17) is 0 Å². The molecule has 4 heteroatoms. The molecule has 19 heavy (non-hydrogen) atoms. The van der Waals surface area contributed by atoms with Crippen molar-refractivity contribution in [1.82, 2.24) is 15.1 Å². The largest absolute Gasteiger partial charge is 0.310 e. The van der Waals surface area contributed by atoms with Crippen LogP contribution in [-0.4, -0.2) is 16.3 Å². The first-order chi connectivity index (χ1) is 9.24. The Morgan fingerprint density at radius 1 is 1.42 bits per heavy atom. The van der Waals surface area contributed by atoms with Gasteiger partial charge in [-0.25, -0.2) is 4.39 Å². The fraction of sp³-hybridized carbons (Fsp3) is 0.400. The van der Waals surface area contributed by atoms with Crippen LogP contribution in [0.1, 0.15) is 29.3 Å². The van der Waals surface area contributed by atoms with Crippen LogP contribution in [0.25, 0.3) is 0 Å². The predicted octanol–water partition coefficient (Wildman–Crippen LogP) is 2.38. The molecule has 0 fully saturated rings. The van der Waals surface area contributed by atoms with E-state index < -0.39 is 0 Å². The molecule has 0 amide bonds. The average molecular weight is 259 g/mol. The number of nitrogens with one attached hydrogen (secondary N) is 1. The number of nitrogens with zero attached hydrogens (tertiary/aromatic N) is 2. The van der Waals surface area contributed by atoms with E-state index in [0.717, 1.165) is 42.6 Å². The second-order valence-corrected chi connectivity index (χ2v) is 5.08. The van der Waals surface area contributed by atoms with Crippen molar-refractivity contribution in [2.24, 2.45) is 7.05 Å². The summed E-state index contributed by atoms with van der Waals surface area (Å²) in [7, 11) is 1.92. The van der Waals surface area contributed by atoms with Gasteiger partial charge >= 0.3 is 0 Å². The molecule has 1 aliphatic rings. The molecule has 0 bridgehead atoms. The molecular formula is C15H18FN3. The van der Waals surface area contributed by atoms with E-state index in [1.165, 1.54) is 0 Å². The van der Waals surface area contributed by atoms with Crippen molar-refractivity contribution < 1.29 is 4.39 Å². The van der Waals surface area contributed by atoms with Crippen LogP contribution < -0.4 is 5.32 Å². The number of rotatable bonds is 4. The summed E-state index contributed by atoms with van der Waals surface area (Å²) in [6, 6.07) is 7.70. The first-order valence-corrected chi connectivity index (χ1v) is 6.73. The maximum absolute atomic E-state index is 13.6. The lowest BCUT2D eigenvalue weighted by atomic mass is 10.1. The minimum Gasteiger partial charge on any atom is -0.310 e. The number of halogens is 1. The van der Waals surface area contributed by atoms with Crippen LogP contribution in [0.3, 0.4) is 0 Å². The van der Waals surface area contributed by atoms with Gasteiger partial charge in [0.25, 0.3) is 0 Å². The smallest absolute Gasteiger partial charge is 0.126 e. The summed E-state index contributed by atoms with van der Waals surface area (Å²) in [6.07, 6.45) is 4.68. The molecule has 1 aromatic heterocycles. The number of hydrogen-bond donors (Lipinski definition) is 1. The van der Waals surface area contributed by atoms with Crippen LogP contribution >= 0.6 is 0 Å². The van der Waals surface area contributed by atoms with Gasteiger partial charge in [-0.05, 0) is 36.1 Å². The normalized spacial score (nSPS) is 17.7. The highest BCUT2D eigenvalue weighted by Gasteiger charge is 2.23. The van der Waals surface area contributed by atoms with E-state index in [9.17, 15) is 4.39 Å². The molecule has 1 aromatic carbocycles. The third-order valence-corrected chi connectivity index (χ3v) is 3.75. The fourth-order valence-corrected chi connectivity index (χ4v) is 2.79. The zero-order valence-corrected chi connectivity index (χ0v) is 11.1. The Kier molecular flexibility index (Phi) is 3.34. The standard InChI is InChI=1S/C15H18FN3/c1-19-10-8-11(18-19)7-9-17-15-6-5-12-13(15)3-2-4-14(12)16/h2-4,8,10,15,17H,5-7,9H2,1H3. The van der Waals surface area contributed by atoms with Crippen LogP contribution in [0.5, 0.6) is 0 Å². The average Bonchev–Trinajstić information content (AvgIpc) is 2.98. The molecule has 1 heterocycles. The van der Waals surface area contributed by atoms with E-state index in [0.29, 0.717) is 0 Å². The summed E-state index contributed by atoms with van der Waals surface area (Å²) < 4.78 is 15.4. The first-order valence-electron chi connectivity index (χ1n) is 6.73. The zero-order valence-electron chi connectivity index (χ0n) is 11.1. The van der Waals surface area contributed by atoms with Gasteiger partial charge in [-0.3, -0.25) is 4.68 Å². The van der Waals surface area contributed by atoms with E-state index in [1.807, 2.05) is 30.1 Å². The summed E-state index contributed by atoms with van der Waals surface area (Å²) in [6.45, 7) is 0.873. The second kappa shape index (κ2) is 5.13. The molecule has 0 aliphatic heterocycles. The minimum absolute atomic E-state index is 0.0634. The molecule has 2 aromatic rings. The lowest BCUT2D eigenvalue weighted by Gasteiger charge is -2.13. The van der Waals surface area contributed by atoms with Gasteiger partial charge in [-0.15, -0.1) is 0 Å². The summed E-state index contributed by atoms with van der Waals surface area (Å²) in [5.41, 5.74) is 3.10. The molecule has 1 unspecified atom stereocenters. The third-order valence-electron chi connectivity index (χ3n) is 3.75. The summed E-state index contributed by atoms with van der Waals surface area (Å²) >= 11 is 0. The Labute approximate surface area is 112 Å². The molecule has 0 saturated carbocycles. The van der Waals surface area contributed by atoms with Crippen molar-refractivity contribution in [2.75, 3.05) is 6.54 Å². The molecule has 0 radical (unpaired) electrons. The zero-order chi connectivity index (χ0) is 13.2. The van der Waals surface area contributed by atoms with Crippen LogP contribution in [0.2, 0.25) is 0 Å². The predicted molar refractivity (Wildman–Crippen MR) is 72.4 cm³/mol. The highest BCUT2D eigenvalue weighted by atomic mass is 19.1. The van der Waals surface area contributed by atoms with Crippen molar-refractivity contribution >= 4 is 0 Å². The quantitative estimate of drug-likeness (QED) is 0.913. The van der Waals surface area contributed by atoms with Crippen LogP contribution in [0, 0.1) is 5.82 Å². The summed E-state index contributed by atoms with van der Waals surface area (Å²) in [5, 5.41) is 7.86. The lowest BCUT2D eigenvalue weighted by molar-refractivity contribution is 0.530. The third kappa shape index (κ3) is 2.54.